The van der Waals surface area contributed by atoms with Crippen molar-refractivity contribution in [2.45, 2.75) is 50.7 Å². The Morgan fingerprint density at radius 2 is 1.75 bits per heavy atom. The zero-order chi connectivity index (χ0) is 27.4. The summed E-state index contributed by atoms with van der Waals surface area (Å²) in [6.07, 6.45) is 15.7. The van der Waals surface area contributed by atoms with Crippen LogP contribution < -0.4 is 15.4 Å². The third-order valence-electron chi connectivity index (χ3n) is 8.72. The van der Waals surface area contributed by atoms with Crippen LogP contribution in [0.3, 0.4) is 0 Å². The number of hydrogen-bond donors (Lipinski definition) is 3. The van der Waals surface area contributed by atoms with Crippen LogP contribution in [0.15, 0.2) is 84.8 Å². The van der Waals surface area contributed by atoms with E-state index in [0.29, 0.717) is 5.56 Å². The Morgan fingerprint density at radius 3 is 2.45 bits per heavy atom. The Labute approximate surface area is 236 Å². The van der Waals surface area contributed by atoms with E-state index in [2.05, 4.69) is 75.1 Å². The SMILES string of the molecule is CC1C(N2CCCCC2)=CC=CC1Oc1ccc(C(=O)NC2(c3ccc(-c4cn[nH]c4)cc3)CCNCC2)cc1. The molecule has 40 heavy (non-hydrogen) atoms. The minimum absolute atomic E-state index is 0.0235. The van der Waals surface area contributed by atoms with Gasteiger partial charge < -0.3 is 20.3 Å². The number of amides is 1. The number of aromatic nitrogens is 2. The van der Waals surface area contributed by atoms with Gasteiger partial charge in [-0.15, -0.1) is 0 Å². The predicted molar refractivity (Wildman–Crippen MR) is 158 cm³/mol. The minimum atomic E-state index is -0.411. The van der Waals surface area contributed by atoms with Crippen molar-refractivity contribution in [3.05, 3.63) is 96.0 Å². The average molecular weight is 538 g/mol. The third kappa shape index (κ3) is 5.56. The maximum absolute atomic E-state index is 13.5. The summed E-state index contributed by atoms with van der Waals surface area (Å²) in [4.78, 5) is 16.0. The van der Waals surface area contributed by atoms with Crippen LogP contribution >= 0.6 is 0 Å². The van der Waals surface area contributed by atoms with Crippen LogP contribution in [0.4, 0.5) is 0 Å². The van der Waals surface area contributed by atoms with Crippen LogP contribution in [0.1, 0.15) is 54.9 Å². The summed E-state index contributed by atoms with van der Waals surface area (Å²) in [5.41, 5.74) is 4.88. The topological polar surface area (TPSA) is 82.3 Å². The van der Waals surface area contributed by atoms with Gasteiger partial charge in [-0.05, 0) is 92.7 Å². The summed E-state index contributed by atoms with van der Waals surface area (Å²) < 4.78 is 6.40. The number of carbonyl (C=O) groups excluding carboxylic acids is 1. The molecule has 2 aliphatic heterocycles. The number of likely N-dealkylation sites (tertiary alicyclic amines) is 1. The number of carbonyl (C=O) groups is 1. The number of benzene rings is 2. The number of rotatable bonds is 7. The molecule has 2 fully saturated rings. The molecule has 2 saturated heterocycles. The zero-order valence-electron chi connectivity index (χ0n) is 23.2. The molecule has 6 rings (SSSR count). The van der Waals surface area contributed by atoms with Crippen LogP contribution in [0.2, 0.25) is 0 Å². The monoisotopic (exact) mass is 537 g/mol. The number of piperidine rings is 2. The highest BCUT2D eigenvalue weighted by Crippen LogP contribution is 2.33. The molecule has 1 amide bonds. The van der Waals surface area contributed by atoms with Gasteiger partial charge in [0.2, 0.25) is 0 Å². The maximum Gasteiger partial charge on any atom is 0.251 e. The first-order valence-electron chi connectivity index (χ1n) is 14.6. The maximum atomic E-state index is 13.5. The Hall–Kier alpha value is -3.84. The van der Waals surface area contributed by atoms with E-state index in [1.54, 1.807) is 0 Å². The van der Waals surface area contributed by atoms with E-state index in [4.69, 9.17) is 4.74 Å². The standard InChI is InChI=1S/C33H39N5O2/c1-24-30(38-20-3-2-4-21-38)6-5-7-31(24)40-29-14-10-26(11-15-29)32(39)37-33(16-18-34-19-17-33)28-12-8-25(9-13-28)27-22-35-36-23-27/h5-15,22-24,31,34H,2-4,16-21H2,1H3,(H,35,36)(H,37,39). The summed E-state index contributed by atoms with van der Waals surface area (Å²) >= 11 is 0. The number of ether oxygens (including phenoxy) is 1. The van der Waals surface area contributed by atoms with E-state index in [1.165, 1.54) is 25.0 Å². The highest BCUT2D eigenvalue weighted by atomic mass is 16.5. The first kappa shape index (κ1) is 26.4. The Morgan fingerprint density at radius 1 is 1.00 bits per heavy atom. The van der Waals surface area contributed by atoms with Gasteiger partial charge in [-0.1, -0.05) is 37.3 Å². The molecule has 7 heteroatoms. The Kier molecular flexibility index (Phi) is 7.73. The van der Waals surface area contributed by atoms with Gasteiger partial charge in [0.25, 0.3) is 5.91 Å². The van der Waals surface area contributed by atoms with E-state index in [9.17, 15) is 4.79 Å². The molecule has 2 atom stereocenters. The number of H-pyrrole nitrogens is 1. The van der Waals surface area contributed by atoms with Crippen molar-refractivity contribution in [1.29, 1.82) is 0 Å². The molecule has 0 bridgehead atoms. The molecule has 0 saturated carbocycles. The molecule has 7 nitrogen and oxygen atoms in total. The fraction of sp³-hybridized carbons (Fsp3) is 0.394. The fourth-order valence-electron chi connectivity index (χ4n) is 6.30. The molecule has 208 valence electrons. The van der Waals surface area contributed by atoms with Crippen molar-refractivity contribution in [2.24, 2.45) is 5.92 Å². The highest BCUT2D eigenvalue weighted by molar-refractivity contribution is 5.95. The molecule has 3 aromatic rings. The van der Waals surface area contributed by atoms with E-state index < -0.39 is 5.54 Å². The van der Waals surface area contributed by atoms with Crippen molar-refractivity contribution in [3.8, 4) is 16.9 Å². The summed E-state index contributed by atoms with van der Waals surface area (Å²) in [6, 6.07) is 16.1. The summed E-state index contributed by atoms with van der Waals surface area (Å²) in [5.74, 6) is 1.00. The smallest absolute Gasteiger partial charge is 0.251 e. The number of nitrogens with zero attached hydrogens (tertiary/aromatic N) is 2. The van der Waals surface area contributed by atoms with Gasteiger partial charge in [-0.3, -0.25) is 9.89 Å². The van der Waals surface area contributed by atoms with Gasteiger partial charge >= 0.3 is 0 Å². The molecule has 1 aliphatic carbocycles. The van der Waals surface area contributed by atoms with Crippen molar-refractivity contribution < 1.29 is 9.53 Å². The van der Waals surface area contributed by atoms with Gasteiger partial charge in [-0.25, -0.2) is 0 Å². The van der Waals surface area contributed by atoms with Gasteiger partial charge in [0.1, 0.15) is 11.9 Å². The van der Waals surface area contributed by atoms with Crippen molar-refractivity contribution in [3.63, 3.8) is 0 Å². The van der Waals surface area contributed by atoms with Gasteiger partial charge in [0.15, 0.2) is 0 Å². The lowest BCUT2D eigenvalue weighted by Crippen LogP contribution is -2.52. The zero-order valence-corrected chi connectivity index (χ0v) is 23.2. The predicted octanol–water partition coefficient (Wildman–Crippen LogP) is 5.41. The second-order valence-electron chi connectivity index (χ2n) is 11.3. The molecule has 0 radical (unpaired) electrons. The fourth-order valence-corrected chi connectivity index (χ4v) is 6.30. The van der Waals surface area contributed by atoms with E-state index in [0.717, 1.165) is 61.5 Å². The van der Waals surface area contributed by atoms with Gasteiger partial charge in [-0.2, -0.15) is 5.10 Å². The van der Waals surface area contributed by atoms with E-state index >= 15 is 0 Å². The quantitative estimate of drug-likeness (QED) is 0.376. The summed E-state index contributed by atoms with van der Waals surface area (Å²) in [7, 11) is 0. The normalized spacial score (nSPS) is 22.4. The van der Waals surface area contributed by atoms with Crippen molar-refractivity contribution in [1.82, 2.24) is 25.7 Å². The molecule has 2 aromatic carbocycles. The van der Waals surface area contributed by atoms with Crippen LogP contribution in [-0.4, -0.2) is 53.3 Å². The van der Waals surface area contributed by atoms with Crippen molar-refractivity contribution >= 4 is 5.91 Å². The summed E-state index contributed by atoms with van der Waals surface area (Å²) in [6.45, 7) is 6.23. The van der Waals surface area contributed by atoms with Crippen LogP contribution in [-0.2, 0) is 5.54 Å². The Balaban J connectivity index is 1.13. The van der Waals surface area contributed by atoms with Crippen LogP contribution in [0.25, 0.3) is 11.1 Å². The molecular formula is C33H39N5O2. The third-order valence-corrected chi connectivity index (χ3v) is 8.72. The number of aromatic amines is 1. The number of hydrogen-bond acceptors (Lipinski definition) is 5. The molecule has 3 aliphatic rings. The van der Waals surface area contributed by atoms with Crippen LogP contribution in [0.5, 0.6) is 5.75 Å². The first-order valence-corrected chi connectivity index (χ1v) is 14.6. The number of nitrogens with one attached hydrogen (secondary N) is 3. The molecule has 3 heterocycles. The largest absolute Gasteiger partial charge is 0.486 e. The second kappa shape index (κ2) is 11.7. The van der Waals surface area contributed by atoms with E-state index in [-0.39, 0.29) is 17.9 Å². The van der Waals surface area contributed by atoms with Crippen molar-refractivity contribution in [2.75, 3.05) is 26.2 Å². The molecular weight excluding hydrogens is 498 g/mol. The number of allylic oxidation sites excluding steroid dienone is 2. The highest BCUT2D eigenvalue weighted by Gasteiger charge is 2.36. The molecule has 3 N–H and O–H groups in total. The second-order valence-corrected chi connectivity index (χ2v) is 11.3. The van der Waals surface area contributed by atoms with Gasteiger partial charge in [0, 0.05) is 42.0 Å². The van der Waals surface area contributed by atoms with Crippen LogP contribution in [0, 0.1) is 5.92 Å². The lowest BCUT2D eigenvalue weighted by Gasteiger charge is -2.39. The van der Waals surface area contributed by atoms with E-state index in [1.807, 2.05) is 36.7 Å². The molecule has 1 aromatic heterocycles. The average Bonchev–Trinajstić information content (AvgIpc) is 3.55. The first-order chi connectivity index (χ1) is 19.6. The Bertz CT molecular complexity index is 1330. The lowest BCUT2D eigenvalue weighted by atomic mass is 9.80. The minimum Gasteiger partial charge on any atom is -0.486 e. The van der Waals surface area contributed by atoms with Gasteiger partial charge in [0.05, 0.1) is 11.7 Å². The molecule has 2 unspecified atom stereocenters. The summed E-state index contributed by atoms with van der Waals surface area (Å²) in [5, 5.41) is 13.8. The molecule has 0 spiro atoms. The lowest BCUT2D eigenvalue weighted by molar-refractivity contribution is 0.0872.